The van der Waals surface area contributed by atoms with Gasteiger partial charge >= 0.3 is 0 Å². The number of fused-ring (bicyclic) bond motifs is 1. The standard InChI is InChI=1S/C19H24N4O/c1-12(17-22-21-16-4-2-3-5-23(16)17)20-18(24)19-9-13-6-14(10-19)8-15(7-13)11-19/h2-5,12-15H,6-11H2,1H3,(H,20,24). The lowest BCUT2D eigenvalue weighted by Crippen LogP contribution is -2.54. The topological polar surface area (TPSA) is 59.3 Å². The first-order valence-corrected chi connectivity index (χ1v) is 9.24. The molecular formula is C19H24N4O. The third kappa shape index (κ3) is 2.10. The Hall–Kier alpha value is -1.91. The molecule has 4 aliphatic rings. The molecule has 126 valence electrons. The Kier molecular flexibility index (Phi) is 3.03. The van der Waals surface area contributed by atoms with E-state index in [4.69, 9.17) is 0 Å². The largest absolute Gasteiger partial charge is 0.346 e. The van der Waals surface area contributed by atoms with Gasteiger partial charge in [-0.1, -0.05) is 6.07 Å². The molecule has 0 radical (unpaired) electrons. The van der Waals surface area contributed by atoms with E-state index in [0.29, 0.717) is 0 Å². The van der Waals surface area contributed by atoms with E-state index in [9.17, 15) is 4.79 Å². The summed E-state index contributed by atoms with van der Waals surface area (Å²) in [6.45, 7) is 2.02. The zero-order chi connectivity index (χ0) is 16.3. The number of hydrogen-bond donors (Lipinski definition) is 1. The van der Waals surface area contributed by atoms with Crippen molar-refractivity contribution in [2.24, 2.45) is 23.2 Å². The molecule has 4 aliphatic carbocycles. The normalized spacial score (nSPS) is 35.3. The maximum Gasteiger partial charge on any atom is 0.226 e. The lowest BCUT2D eigenvalue weighted by atomic mass is 9.49. The van der Waals surface area contributed by atoms with Crippen molar-refractivity contribution in [2.75, 3.05) is 0 Å². The van der Waals surface area contributed by atoms with Gasteiger partial charge < -0.3 is 5.32 Å². The number of amides is 1. The summed E-state index contributed by atoms with van der Waals surface area (Å²) < 4.78 is 1.96. The Morgan fingerprint density at radius 1 is 1.17 bits per heavy atom. The molecule has 0 spiro atoms. The molecule has 5 nitrogen and oxygen atoms in total. The molecule has 4 fully saturated rings. The first kappa shape index (κ1) is 14.4. The monoisotopic (exact) mass is 324 g/mol. The fourth-order valence-corrected chi connectivity index (χ4v) is 5.96. The number of nitrogens with one attached hydrogen (secondary N) is 1. The van der Waals surface area contributed by atoms with Gasteiger partial charge in [0.05, 0.1) is 6.04 Å². The average Bonchev–Trinajstić information content (AvgIpc) is 2.97. The summed E-state index contributed by atoms with van der Waals surface area (Å²) in [6, 6.07) is 5.73. The summed E-state index contributed by atoms with van der Waals surface area (Å²) in [5, 5.41) is 11.8. The number of rotatable bonds is 3. The molecule has 24 heavy (non-hydrogen) atoms. The highest BCUT2D eigenvalue weighted by atomic mass is 16.2. The van der Waals surface area contributed by atoms with Gasteiger partial charge in [-0.15, -0.1) is 10.2 Å². The molecule has 1 atom stereocenters. The van der Waals surface area contributed by atoms with Gasteiger partial charge in [-0.3, -0.25) is 9.20 Å². The minimum absolute atomic E-state index is 0.108. The lowest BCUT2D eigenvalue weighted by molar-refractivity contribution is -0.147. The SMILES string of the molecule is CC(NC(=O)C12CC3CC(CC(C3)C1)C2)c1nnc2ccccn12. The van der Waals surface area contributed by atoms with Gasteiger partial charge in [0, 0.05) is 11.6 Å². The molecule has 0 aliphatic heterocycles. The van der Waals surface area contributed by atoms with Crippen molar-refractivity contribution in [2.45, 2.75) is 51.5 Å². The molecule has 1 amide bonds. The second kappa shape index (κ2) is 5.04. The second-order valence-electron chi connectivity index (χ2n) is 8.38. The first-order valence-electron chi connectivity index (χ1n) is 9.24. The van der Waals surface area contributed by atoms with Gasteiger partial charge in [-0.25, -0.2) is 0 Å². The van der Waals surface area contributed by atoms with Gasteiger partial charge in [-0.2, -0.15) is 0 Å². The molecule has 2 heterocycles. The highest BCUT2D eigenvalue weighted by Crippen LogP contribution is 2.60. The van der Waals surface area contributed by atoms with Crippen LogP contribution in [0.2, 0.25) is 0 Å². The molecule has 6 rings (SSSR count). The lowest BCUT2D eigenvalue weighted by Gasteiger charge is -2.55. The van der Waals surface area contributed by atoms with Gasteiger partial charge in [0.2, 0.25) is 5.91 Å². The van der Waals surface area contributed by atoms with Crippen LogP contribution in [0, 0.1) is 23.2 Å². The van der Waals surface area contributed by atoms with E-state index in [2.05, 4.69) is 15.5 Å². The minimum atomic E-state index is -0.122. The third-order valence-corrected chi connectivity index (χ3v) is 6.59. The Labute approximate surface area is 141 Å². The van der Waals surface area contributed by atoms with Crippen LogP contribution in [0.25, 0.3) is 5.65 Å². The number of nitrogens with zero attached hydrogens (tertiary/aromatic N) is 3. The summed E-state index contributed by atoms with van der Waals surface area (Å²) in [5.41, 5.74) is 0.715. The molecule has 0 saturated heterocycles. The van der Waals surface area contributed by atoms with Crippen LogP contribution < -0.4 is 5.32 Å². The van der Waals surface area contributed by atoms with Crippen molar-refractivity contribution in [3.05, 3.63) is 30.2 Å². The highest BCUT2D eigenvalue weighted by molar-refractivity contribution is 5.83. The fourth-order valence-electron chi connectivity index (χ4n) is 5.96. The van der Waals surface area contributed by atoms with Crippen LogP contribution in [-0.2, 0) is 4.79 Å². The summed E-state index contributed by atoms with van der Waals surface area (Å²) in [4.78, 5) is 13.2. The zero-order valence-corrected chi connectivity index (χ0v) is 14.1. The number of aromatic nitrogens is 3. The maximum absolute atomic E-state index is 13.2. The van der Waals surface area contributed by atoms with Crippen molar-refractivity contribution in [3.8, 4) is 0 Å². The Bertz CT molecular complexity index is 760. The zero-order valence-electron chi connectivity index (χ0n) is 14.1. The number of hydrogen-bond acceptors (Lipinski definition) is 3. The second-order valence-corrected chi connectivity index (χ2v) is 8.38. The molecule has 1 N–H and O–H groups in total. The molecule has 2 aromatic heterocycles. The third-order valence-electron chi connectivity index (χ3n) is 6.59. The van der Waals surface area contributed by atoms with Crippen molar-refractivity contribution in [3.63, 3.8) is 0 Å². The van der Waals surface area contributed by atoms with Crippen molar-refractivity contribution >= 4 is 11.6 Å². The van der Waals surface area contributed by atoms with E-state index in [1.54, 1.807) is 0 Å². The van der Waals surface area contributed by atoms with E-state index in [1.165, 1.54) is 19.3 Å². The summed E-state index contributed by atoms with van der Waals surface area (Å²) in [7, 11) is 0. The van der Waals surface area contributed by atoms with Gasteiger partial charge in [0.25, 0.3) is 0 Å². The smallest absolute Gasteiger partial charge is 0.226 e. The molecule has 4 bridgehead atoms. The summed E-state index contributed by atoms with van der Waals surface area (Å²) in [5.74, 6) is 3.41. The molecule has 4 saturated carbocycles. The van der Waals surface area contributed by atoms with E-state index in [-0.39, 0.29) is 17.4 Å². The van der Waals surface area contributed by atoms with E-state index >= 15 is 0 Å². The molecule has 5 heteroatoms. The van der Waals surface area contributed by atoms with E-state index in [1.807, 2.05) is 35.7 Å². The Balaban J connectivity index is 1.38. The predicted octanol–water partition coefficient (Wildman–Crippen LogP) is 3.12. The van der Waals surface area contributed by atoms with Crippen LogP contribution in [0.3, 0.4) is 0 Å². The summed E-state index contributed by atoms with van der Waals surface area (Å²) in [6.07, 6.45) is 9.32. The molecule has 1 unspecified atom stereocenters. The average molecular weight is 324 g/mol. The van der Waals surface area contributed by atoms with Crippen LogP contribution in [0.1, 0.15) is 57.3 Å². The van der Waals surface area contributed by atoms with Crippen LogP contribution >= 0.6 is 0 Å². The van der Waals surface area contributed by atoms with Gasteiger partial charge in [-0.05, 0) is 75.3 Å². The number of pyridine rings is 1. The minimum Gasteiger partial charge on any atom is -0.346 e. The fraction of sp³-hybridized carbons (Fsp3) is 0.632. The molecule has 0 aromatic carbocycles. The first-order chi connectivity index (χ1) is 11.6. The van der Waals surface area contributed by atoms with Crippen LogP contribution in [0.4, 0.5) is 0 Å². The van der Waals surface area contributed by atoms with Crippen molar-refractivity contribution < 1.29 is 4.79 Å². The summed E-state index contributed by atoms with van der Waals surface area (Å²) >= 11 is 0. The Morgan fingerprint density at radius 3 is 2.50 bits per heavy atom. The highest BCUT2D eigenvalue weighted by Gasteiger charge is 2.54. The van der Waals surface area contributed by atoms with Crippen molar-refractivity contribution in [1.29, 1.82) is 0 Å². The Morgan fingerprint density at radius 2 is 1.83 bits per heavy atom. The van der Waals surface area contributed by atoms with Crippen LogP contribution in [-0.4, -0.2) is 20.5 Å². The molecular weight excluding hydrogens is 300 g/mol. The number of carbonyl (C=O) groups is 1. The van der Waals surface area contributed by atoms with Crippen LogP contribution in [0.15, 0.2) is 24.4 Å². The molecule has 2 aromatic rings. The quantitative estimate of drug-likeness (QED) is 0.943. The maximum atomic E-state index is 13.2. The van der Waals surface area contributed by atoms with Gasteiger partial charge in [0.15, 0.2) is 11.5 Å². The van der Waals surface area contributed by atoms with E-state index in [0.717, 1.165) is 48.5 Å². The predicted molar refractivity (Wildman–Crippen MR) is 90.1 cm³/mol. The van der Waals surface area contributed by atoms with E-state index < -0.39 is 0 Å². The van der Waals surface area contributed by atoms with Gasteiger partial charge in [0.1, 0.15) is 0 Å². The number of carbonyl (C=O) groups excluding carboxylic acids is 1. The van der Waals surface area contributed by atoms with Crippen molar-refractivity contribution in [1.82, 2.24) is 19.9 Å². The van der Waals surface area contributed by atoms with Crippen LogP contribution in [0.5, 0.6) is 0 Å².